The van der Waals surface area contributed by atoms with Crippen molar-refractivity contribution in [1.29, 1.82) is 0 Å². The first kappa shape index (κ1) is 17.0. The lowest BCUT2D eigenvalue weighted by Gasteiger charge is -2.22. The highest BCUT2D eigenvalue weighted by atomic mass is 16.4. The summed E-state index contributed by atoms with van der Waals surface area (Å²) in [6.45, 7) is 10.5. The number of amides is 1. The average molecular weight is 289 g/mol. The minimum atomic E-state index is -0.917. The molecule has 0 spiro atoms. The Labute approximate surface area is 126 Å². The van der Waals surface area contributed by atoms with Crippen LogP contribution in [0.3, 0.4) is 0 Å². The van der Waals surface area contributed by atoms with Gasteiger partial charge in [-0.1, -0.05) is 39.0 Å². The normalized spacial score (nSPS) is 11.0. The van der Waals surface area contributed by atoms with Crippen molar-refractivity contribution in [3.8, 4) is 0 Å². The van der Waals surface area contributed by atoms with E-state index in [1.54, 1.807) is 18.2 Å². The zero-order valence-corrected chi connectivity index (χ0v) is 12.9. The van der Waals surface area contributed by atoms with E-state index in [0.29, 0.717) is 12.1 Å². The predicted molar refractivity (Wildman–Crippen MR) is 83.5 cm³/mol. The number of carboxylic acid groups (broad SMARTS) is 1. The summed E-state index contributed by atoms with van der Waals surface area (Å²) in [5.41, 5.74) is 1.75. The molecule has 1 aromatic carbocycles. The summed E-state index contributed by atoms with van der Waals surface area (Å²) in [4.78, 5) is 24.5. The summed E-state index contributed by atoms with van der Waals surface area (Å²) in [5, 5.41) is 8.75. The fourth-order valence-corrected chi connectivity index (χ4v) is 1.96. The summed E-state index contributed by atoms with van der Waals surface area (Å²) < 4.78 is 0. The van der Waals surface area contributed by atoms with Gasteiger partial charge in [0.25, 0.3) is 5.91 Å². The Morgan fingerprint density at radius 3 is 2.24 bits per heavy atom. The van der Waals surface area contributed by atoms with E-state index in [0.717, 1.165) is 5.56 Å². The Morgan fingerprint density at radius 1 is 1.24 bits per heavy atom. The lowest BCUT2D eigenvalue weighted by atomic mass is 9.86. The summed E-state index contributed by atoms with van der Waals surface area (Å²) in [7, 11) is 0. The van der Waals surface area contributed by atoms with Crippen molar-refractivity contribution in [3.05, 3.63) is 48.0 Å². The highest BCUT2D eigenvalue weighted by molar-refractivity contribution is 5.94. The van der Waals surface area contributed by atoms with Gasteiger partial charge < -0.3 is 10.0 Å². The summed E-state index contributed by atoms with van der Waals surface area (Å²) in [6.07, 6.45) is 1.53. The van der Waals surface area contributed by atoms with Crippen LogP contribution in [0.25, 0.3) is 0 Å². The smallest absolute Gasteiger partial charge is 0.305 e. The van der Waals surface area contributed by atoms with Gasteiger partial charge in [-0.15, -0.1) is 6.58 Å². The third-order valence-corrected chi connectivity index (χ3v) is 3.23. The van der Waals surface area contributed by atoms with Crippen molar-refractivity contribution in [2.45, 2.75) is 32.6 Å². The highest BCUT2D eigenvalue weighted by Gasteiger charge is 2.18. The number of carbonyl (C=O) groups is 2. The number of benzene rings is 1. The molecule has 21 heavy (non-hydrogen) atoms. The van der Waals surface area contributed by atoms with E-state index in [1.807, 2.05) is 12.1 Å². The molecule has 0 saturated carbocycles. The van der Waals surface area contributed by atoms with E-state index in [2.05, 4.69) is 27.4 Å². The summed E-state index contributed by atoms with van der Waals surface area (Å²) in [5.74, 6) is -1.09. The molecule has 0 aromatic heterocycles. The summed E-state index contributed by atoms with van der Waals surface area (Å²) in [6, 6.07) is 7.46. The number of carboxylic acids is 1. The maximum atomic E-state index is 12.4. The first-order chi connectivity index (χ1) is 9.75. The van der Waals surface area contributed by atoms with Crippen molar-refractivity contribution in [2.75, 3.05) is 13.1 Å². The maximum absolute atomic E-state index is 12.4. The third kappa shape index (κ3) is 5.06. The number of aliphatic carboxylic acids is 1. The molecule has 0 unspecified atom stereocenters. The van der Waals surface area contributed by atoms with Crippen molar-refractivity contribution in [1.82, 2.24) is 4.90 Å². The highest BCUT2D eigenvalue weighted by Crippen LogP contribution is 2.22. The minimum absolute atomic E-state index is 0.0334. The Morgan fingerprint density at radius 2 is 1.81 bits per heavy atom. The van der Waals surface area contributed by atoms with Crippen molar-refractivity contribution in [3.63, 3.8) is 0 Å². The number of hydrogen-bond donors (Lipinski definition) is 1. The molecule has 0 heterocycles. The van der Waals surface area contributed by atoms with Gasteiger partial charge in [-0.2, -0.15) is 0 Å². The number of hydrogen-bond acceptors (Lipinski definition) is 2. The Balaban J connectivity index is 2.88. The second kappa shape index (κ2) is 7.07. The van der Waals surface area contributed by atoms with E-state index in [-0.39, 0.29) is 24.3 Å². The van der Waals surface area contributed by atoms with Gasteiger partial charge in [-0.3, -0.25) is 9.59 Å². The molecule has 0 aliphatic rings. The van der Waals surface area contributed by atoms with E-state index < -0.39 is 5.97 Å². The fourth-order valence-electron chi connectivity index (χ4n) is 1.96. The Hall–Kier alpha value is -2.10. The molecule has 1 N–H and O–H groups in total. The first-order valence-electron chi connectivity index (χ1n) is 6.98. The molecule has 0 atom stereocenters. The molecule has 0 aliphatic carbocycles. The molecule has 0 bridgehead atoms. The molecule has 1 amide bonds. The van der Waals surface area contributed by atoms with E-state index in [4.69, 9.17) is 5.11 Å². The van der Waals surface area contributed by atoms with Gasteiger partial charge in [-0.25, -0.2) is 0 Å². The van der Waals surface area contributed by atoms with Gasteiger partial charge in [0.2, 0.25) is 0 Å². The molecule has 0 radical (unpaired) electrons. The molecule has 0 fully saturated rings. The van der Waals surface area contributed by atoms with Crippen LogP contribution in [-0.2, 0) is 10.2 Å². The molecule has 1 rings (SSSR count). The topological polar surface area (TPSA) is 57.6 Å². The van der Waals surface area contributed by atoms with Crippen LogP contribution in [0.1, 0.15) is 43.1 Å². The lowest BCUT2D eigenvalue weighted by molar-refractivity contribution is -0.137. The number of nitrogens with zero attached hydrogens (tertiary/aromatic N) is 1. The van der Waals surface area contributed by atoms with Gasteiger partial charge in [0.1, 0.15) is 0 Å². The van der Waals surface area contributed by atoms with E-state index >= 15 is 0 Å². The number of carbonyl (C=O) groups excluding carboxylic acids is 1. The molecular formula is C17H23NO3. The van der Waals surface area contributed by atoms with Crippen molar-refractivity contribution < 1.29 is 14.7 Å². The predicted octanol–water partition coefficient (Wildman–Crippen LogP) is 3.09. The van der Waals surface area contributed by atoms with Gasteiger partial charge in [0.15, 0.2) is 0 Å². The van der Waals surface area contributed by atoms with Gasteiger partial charge >= 0.3 is 5.97 Å². The third-order valence-electron chi connectivity index (χ3n) is 3.23. The second-order valence-electron chi connectivity index (χ2n) is 6.01. The lowest BCUT2D eigenvalue weighted by Crippen LogP contribution is -2.33. The van der Waals surface area contributed by atoms with Crippen LogP contribution < -0.4 is 0 Å². The van der Waals surface area contributed by atoms with Crippen LogP contribution in [0.4, 0.5) is 0 Å². The summed E-state index contributed by atoms with van der Waals surface area (Å²) >= 11 is 0. The van der Waals surface area contributed by atoms with Gasteiger partial charge in [0, 0.05) is 18.7 Å². The van der Waals surface area contributed by atoms with Crippen LogP contribution in [0, 0.1) is 0 Å². The first-order valence-corrected chi connectivity index (χ1v) is 6.98. The van der Waals surface area contributed by atoms with Gasteiger partial charge in [-0.05, 0) is 23.1 Å². The van der Waals surface area contributed by atoms with Crippen molar-refractivity contribution >= 4 is 11.9 Å². The van der Waals surface area contributed by atoms with Crippen LogP contribution in [0.5, 0.6) is 0 Å². The van der Waals surface area contributed by atoms with E-state index in [1.165, 1.54) is 4.90 Å². The van der Waals surface area contributed by atoms with E-state index in [9.17, 15) is 9.59 Å². The Kier molecular flexibility index (Phi) is 5.70. The molecule has 4 nitrogen and oxygen atoms in total. The molecular weight excluding hydrogens is 266 g/mol. The second-order valence-corrected chi connectivity index (χ2v) is 6.01. The molecule has 1 aromatic rings. The minimum Gasteiger partial charge on any atom is -0.481 e. The monoisotopic (exact) mass is 289 g/mol. The average Bonchev–Trinajstić information content (AvgIpc) is 2.41. The molecule has 4 heteroatoms. The van der Waals surface area contributed by atoms with Crippen LogP contribution >= 0.6 is 0 Å². The van der Waals surface area contributed by atoms with Crippen molar-refractivity contribution in [2.24, 2.45) is 0 Å². The Bertz CT molecular complexity index is 512. The zero-order valence-electron chi connectivity index (χ0n) is 12.9. The van der Waals surface area contributed by atoms with Crippen LogP contribution in [-0.4, -0.2) is 35.0 Å². The maximum Gasteiger partial charge on any atom is 0.305 e. The largest absolute Gasteiger partial charge is 0.481 e. The SMILES string of the molecule is C=CCN(CCC(=O)O)C(=O)c1ccc(C(C)(C)C)cc1. The molecule has 0 aliphatic heterocycles. The van der Waals surface area contributed by atoms with Gasteiger partial charge in [0.05, 0.1) is 6.42 Å². The van der Waals surface area contributed by atoms with Crippen LogP contribution in [0.2, 0.25) is 0 Å². The quantitative estimate of drug-likeness (QED) is 0.819. The standard InChI is InChI=1S/C17H23NO3/c1-5-11-18(12-10-15(19)20)16(21)13-6-8-14(9-7-13)17(2,3)4/h5-9H,1,10-12H2,2-4H3,(H,19,20). The van der Waals surface area contributed by atoms with Crippen LogP contribution in [0.15, 0.2) is 36.9 Å². The molecule has 0 saturated heterocycles. The molecule has 114 valence electrons. The fraction of sp³-hybridized carbons (Fsp3) is 0.412. The number of rotatable bonds is 6. The zero-order chi connectivity index (χ0) is 16.0.